The minimum Gasteiger partial charge on any atom is -0.493 e. The van der Waals surface area contributed by atoms with Crippen LogP contribution in [0.5, 0.6) is 5.75 Å². The molecule has 0 amide bonds. The summed E-state index contributed by atoms with van der Waals surface area (Å²) in [6.45, 7) is 4.52. The van der Waals surface area contributed by atoms with E-state index in [4.69, 9.17) is 13.9 Å². The van der Waals surface area contributed by atoms with E-state index >= 15 is 0 Å². The largest absolute Gasteiger partial charge is 0.493 e. The molecule has 0 aliphatic carbocycles. The van der Waals surface area contributed by atoms with Gasteiger partial charge in [0, 0.05) is 18.2 Å². The van der Waals surface area contributed by atoms with Crippen molar-refractivity contribution in [2.75, 3.05) is 13.2 Å². The molecule has 174 valence electrons. The topological polar surface area (TPSA) is 87.3 Å². The Balaban J connectivity index is 1.35. The van der Waals surface area contributed by atoms with Gasteiger partial charge in [-0.05, 0) is 56.2 Å². The van der Waals surface area contributed by atoms with Crippen LogP contribution in [0.25, 0.3) is 11.5 Å². The molecule has 0 saturated heterocycles. The van der Waals surface area contributed by atoms with E-state index in [1.807, 2.05) is 61.5 Å². The molecule has 4 aromatic rings. The maximum Gasteiger partial charge on any atom is 0.315 e. The molecule has 0 aliphatic rings. The van der Waals surface area contributed by atoms with Crippen molar-refractivity contribution in [3.63, 3.8) is 0 Å². The van der Waals surface area contributed by atoms with Crippen molar-refractivity contribution in [1.29, 1.82) is 0 Å². The molecule has 0 radical (unpaired) electrons. The molecule has 7 heteroatoms. The molecule has 2 aromatic heterocycles. The van der Waals surface area contributed by atoms with Crippen LogP contribution in [0, 0.1) is 6.92 Å². The summed E-state index contributed by atoms with van der Waals surface area (Å²) in [6, 6.07) is 19.3. The van der Waals surface area contributed by atoms with E-state index < -0.39 is 5.92 Å². The molecule has 4 rings (SSSR count). The highest BCUT2D eigenvalue weighted by atomic mass is 16.5. The molecule has 1 atom stereocenters. The molecule has 0 N–H and O–H groups in total. The zero-order chi connectivity index (χ0) is 23.8. The molecule has 1 unspecified atom stereocenters. The van der Waals surface area contributed by atoms with Gasteiger partial charge >= 0.3 is 5.97 Å². The quantitative estimate of drug-likeness (QED) is 0.311. The molecular weight excluding hydrogens is 430 g/mol. The summed E-state index contributed by atoms with van der Waals surface area (Å²) < 4.78 is 17.0. The molecule has 0 aliphatic heterocycles. The first-order valence-corrected chi connectivity index (χ1v) is 11.3. The maximum absolute atomic E-state index is 12.5. The number of hydrogen-bond acceptors (Lipinski definition) is 7. The molecule has 7 nitrogen and oxygen atoms in total. The van der Waals surface area contributed by atoms with Crippen molar-refractivity contribution >= 4 is 5.97 Å². The maximum atomic E-state index is 12.5. The van der Waals surface area contributed by atoms with E-state index in [0.717, 1.165) is 28.3 Å². The van der Waals surface area contributed by atoms with Gasteiger partial charge in [0.05, 0.1) is 24.6 Å². The van der Waals surface area contributed by atoms with Crippen molar-refractivity contribution in [1.82, 2.24) is 15.0 Å². The zero-order valence-corrected chi connectivity index (χ0v) is 19.3. The Labute approximate surface area is 198 Å². The number of ether oxygens (including phenoxy) is 2. The van der Waals surface area contributed by atoms with Crippen LogP contribution in [0.1, 0.15) is 35.6 Å². The van der Waals surface area contributed by atoms with Crippen LogP contribution in [-0.2, 0) is 22.4 Å². The van der Waals surface area contributed by atoms with E-state index in [1.54, 1.807) is 19.2 Å². The summed E-state index contributed by atoms with van der Waals surface area (Å²) in [6.07, 6.45) is 4.20. The lowest BCUT2D eigenvalue weighted by molar-refractivity contribution is -0.145. The van der Waals surface area contributed by atoms with Crippen LogP contribution in [0.2, 0.25) is 0 Å². The Morgan fingerprint density at radius 2 is 1.85 bits per heavy atom. The molecule has 0 saturated carbocycles. The second-order valence-electron chi connectivity index (χ2n) is 7.77. The monoisotopic (exact) mass is 457 g/mol. The highest BCUT2D eigenvalue weighted by molar-refractivity contribution is 5.78. The zero-order valence-electron chi connectivity index (χ0n) is 19.3. The second kappa shape index (κ2) is 11.2. The van der Waals surface area contributed by atoms with Gasteiger partial charge in [-0.15, -0.1) is 0 Å². The summed E-state index contributed by atoms with van der Waals surface area (Å²) in [5, 5.41) is 0. The lowest BCUT2D eigenvalue weighted by Gasteiger charge is -2.15. The molecular formula is C27H27N3O4. The number of aryl methyl sites for hydroxylation is 1. The number of rotatable bonds is 10. The van der Waals surface area contributed by atoms with Crippen molar-refractivity contribution in [2.24, 2.45) is 0 Å². The third-order valence-corrected chi connectivity index (χ3v) is 5.42. The van der Waals surface area contributed by atoms with Crippen LogP contribution in [0.4, 0.5) is 0 Å². The number of oxazole rings is 1. The van der Waals surface area contributed by atoms with Gasteiger partial charge < -0.3 is 13.9 Å². The van der Waals surface area contributed by atoms with Gasteiger partial charge in [0.1, 0.15) is 23.8 Å². The molecule has 2 heterocycles. The molecule has 0 spiro atoms. The summed E-state index contributed by atoms with van der Waals surface area (Å²) in [5.41, 5.74) is 3.48. The highest BCUT2D eigenvalue weighted by Crippen LogP contribution is 2.24. The van der Waals surface area contributed by atoms with E-state index in [2.05, 4.69) is 15.0 Å². The third-order valence-electron chi connectivity index (χ3n) is 5.42. The predicted octanol–water partition coefficient (Wildman–Crippen LogP) is 4.95. The van der Waals surface area contributed by atoms with Gasteiger partial charge in [-0.1, -0.05) is 30.3 Å². The SMILES string of the molecule is CCOC(=O)C(Cc1ccc(OCCc2nc(-c3ccccc3)oc2C)cc1)c1ccncn1. The van der Waals surface area contributed by atoms with Crippen molar-refractivity contribution in [3.8, 4) is 17.2 Å². The van der Waals surface area contributed by atoms with Gasteiger partial charge in [0.25, 0.3) is 0 Å². The Hall–Kier alpha value is -4.00. The number of benzene rings is 2. The fourth-order valence-electron chi connectivity index (χ4n) is 3.65. The summed E-state index contributed by atoms with van der Waals surface area (Å²) >= 11 is 0. The van der Waals surface area contributed by atoms with Crippen molar-refractivity contribution < 1.29 is 18.7 Å². The first-order chi connectivity index (χ1) is 16.6. The normalized spacial score (nSPS) is 11.7. The van der Waals surface area contributed by atoms with E-state index in [9.17, 15) is 4.79 Å². The lowest BCUT2D eigenvalue weighted by atomic mass is 9.96. The van der Waals surface area contributed by atoms with Crippen LogP contribution >= 0.6 is 0 Å². The number of carbonyl (C=O) groups excluding carboxylic acids is 1. The Kier molecular flexibility index (Phi) is 7.65. The van der Waals surface area contributed by atoms with E-state index in [1.165, 1.54) is 6.33 Å². The smallest absolute Gasteiger partial charge is 0.315 e. The van der Waals surface area contributed by atoms with Crippen LogP contribution in [0.3, 0.4) is 0 Å². The number of carbonyl (C=O) groups is 1. The Morgan fingerprint density at radius 1 is 1.06 bits per heavy atom. The van der Waals surface area contributed by atoms with Crippen molar-refractivity contribution in [2.45, 2.75) is 32.6 Å². The van der Waals surface area contributed by atoms with Gasteiger partial charge in [-0.3, -0.25) is 4.79 Å². The number of nitrogens with zero attached hydrogens (tertiary/aromatic N) is 3. The second-order valence-corrected chi connectivity index (χ2v) is 7.77. The van der Waals surface area contributed by atoms with Gasteiger partial charge in [-0.2, -0.15) is 0 Å². The number of esters is 1. The average molecular weight is 458 g/mol. The highest BCUT2D eigenvalue weighted by Gasteiger charge is 2.23. The minimum absolute atomic E-state index is 0.292. The molecule has 0 bridgehead atoms. The summed E-state index contributed by atoms with van der Waals surface area (Å²) in [7, 11) is 0. The Morgan fingerprint density at radius 3 is 2.56 bits per heavy atom. The molecule has 2 aromatic carbocycles. The van der Waals surface area contributed by atoms with Crippen LogP contribution < -0.4 is 4.74 Å². The van der Waals surface area contributed by atoms with Gasteiger partial charge in [-0.25, -0.2) is 15.0 Å². The lowest BCUT2D eigenvalue weighted by Crippen LogP contribution is -2.19. The summed E-state index contributed by atoms with van der Waals surface area (Å²) in [5.74, 6) is 1.40. The fraction of sp³-hybridized carbons (Fsp3) is 0.259. The van der Waals surface area contributed by atoms with E-state index in [-0.39, 0.29) is 5.97 Å². The standard InChI is InChI=1S/C27H27N3O4/c1-3-32-27(31)23(25-13-15-28-18-29-25)17-20-9-11-22(12-10-20)33-16-14-24-19(2)34-26(30-24)21-7-5-4-6-8-21/h4-13,15,18,23H,3,14,16-17H2,1-2H3. The van der Waals surface area contributed by atoms with Gasteiger partial charge in [0.2, 0.25) is 5.89 Å². The van der Waals surface area contributed by atoms with Crippen LogP contribution in [-0.4, -0.2) is 34.1 Å². The molecule has 34 heavy (non-hydrogen) atoms. The minimum atomic E-state index is -0.483. The van der Waals surface area contributed by atoms with E-state index in [0.29, 0.717) is 37.6 Å². The predicted molar refractivity (Wildman–Crippen MR) is 127 cm³/mol. The van der Waals surface area contributed by atoms with Crippen LogP contribution in [0.15, 0.2) is 77.6 Å². The first kappa shape index (κ1) is 23.2. The van der Waals surface area contributed by atoms with Gasteiger partial charge in [0.15, 0.2) is 0 Å². The third kappa shape index (κ3) is 5.86. The Bertz CT molecular complexity index is 1190. The van der Waals surface area contributed by atoms with Crippen molar-refractivity contribution in [3.05, 3.63) is 95.9 Å². The number of hydrogen-bond donors (Lipinski definition) is 0. The fourth-order valence-corrected chi connectivity index (χ4v) is 3.65. The molecule has 0 fully saturated rings. The average Bonchev–Trinajstić information content (AvgIpc) is 3.25. The first-order valence-electron chi connectivity index (χ1n) is 11.3. The summed E-state index contributed by atoms with van der Waals surface area (Å²) in [4.78, 5) is 25.3. The number of aromatic nitrogens is 3.